The molecule has 0 radical (unpaired) electrons. The number of aromatic nitrogens is 4. The minimum absolute atomic E-state index is 0.00560. The van der Waals surface area contributed by atoms with Gasteiger partial charge in [0.2, 0.25) is 0 Å². The number of halogens is 3. The van der Waals surface area contributed by atoms with Crippen LogP contribution >= 0.6 is 0 Å². The zero-order valence-electron chi connectivity index (χ0n) is 15.6. The first-order valence-corrected chi connectivity index (χ1v) is 8.79. The number of anilines is 2. The van der Waals surface area contributed by atoms with Crippen molar-refractivity contribution in [2.75, 3.05) is 11.1 Å². The van der Waals surface area contributed by atoms with Crippen molar-refractivity contribution in [1.29, 1.82) is 5.26 Å². The summed E-state index contributed by atoms with van der Waals surface area (Å²) in [5, 5.41) is 12.3. The Morgan fingerprint density at radius 3 is 2.57 bits per heavy atom. The van der Waals surface area contributed by atoms with Crippen LogP contribution < -0.4 is 11.1 Å². The fourth-order valence-corrected chi connectivity index (χ4v) is 3.21. The summed E-state index contributed by atoms with van der Waals surface area (Å²) in [6.45, 7) is 1.69. The predicted molar refractivity (Wildman–Crippen MR) is 104 cm³/mol. The van der Waals surface area contributed by atoms with E-state index in [0.717, 1.165) is 18.2 Å². The van der Waals surface area contributed by atoms with Gasteiger partial charge in [-0.2, -0.15) is 5.26 Å². The summed E-state index contributed by atoms with van der Waals surface area (Å²) in [6.07, 6.45) is 1.19. The summed E-state index contributed by atoms with van der Waals surface area (Å²) in [7, 11) is 0. The molecule has 150 valence electrons. The molecule has 10 heteroatoms. The van der Waals surface area contributed by atoms with E-state index in [-0.39, 0.29) is 34.2 Å². The van der Waals surface area contributed by atoms with Crippen molar-refractivity contribution in [3.63, 3.8) is 0 Å². The molecule has 2 heterocycles. The molecule has 4 aromatic rings. The number of nitrogens with one attached hydrogen (secondary N) is 1. The van der Waals surface area contributed by atoms with Crippen LogP contribution in [0.25, 0.3) is 16.7 Å². The molecule has 0 aliphatic rings. The Balaban J connectivity index is 1.90. The summed E-state index contributed by atoms with van der Waals surface area (Å²) >= 11 is 0. The Morgan fingerprint density at radius 2 is 1.87 bits per heavy atom. The van der Waals surface area contributed by atoms with Crippen LogP contribution in [-0.2, 0) is 0 Å². The number of hydrogen-bond donors (Lipinski definition) is 2. The lowest BCUT2D eigenvalue weighted by Crippen LogP contribution is -2.16. The van der Waals surface area contributed by atoms with Gasteiger partial charge in [0.25, 0.3) is 0 Å². The standard InChI is InChI=1S/C20H14F3N7/c1-10(28-19-14(8-24)18(25)26-9-27-19)20-29-16-4-2-3-15(23)17(16)30(20)13-6-11(21)5-12(22)7-13/h2-7,9-10H,1H3,(H3,25,26,27,28)/t10-/m0/s1. The summed E-state index contributed by atoms with van der Waals surface area (Å²) in [4.78, 5) is 12.2. The van der Waals surface area contributed by atoms with Crippen molar-refractivity contribution in [3.05, 3.63) is 71.6 Å². The quantitative estimate of drug-likeness (QED) is 0.530. The third-order valence-corrected chi connectivity index (χ3v) is 4.49. The van der Waals surface area contributed by atoms with Crippen LogP contribution in [-0.4, -0.2) is 19.5 Å². The van der Waals surface area contributed by atoms with Gasteiger partial charge in [-0.05, 0) is 31.2 Å². The average Bonchev–Trinajstić information content (AvgIpc) is 3.08. The topological polar surface area (TPSA) is 105 Å². The second-order valence-corrected chi connectivity index (χ2v) is 6.50. The van der Waals surface area contributed by atoms with Crippen LogP contribution in [0.15, 0.2) is 42.7 Å². The normalized spacial score (nSPS) is 12.0. The van der Waals surface area contributed by atoms with E-state index in [9.17, 15) is 18.4 Å². The second-order valence-electron chi connectivity index (χ2n) is 6.50. The van der Waals surface area contributed by atoms with Crippen LogP contribution in [0.4, 0.5) is 24.8 Å². The van der Waals surface area contributed by atoms with Gasteiger partial charge in [0.1, 0.15) is 58.4 Å². The monoisotopic (exact) mass is 409 g/mol. The highest BCUT2D eigenvalue weighted by molar-refractivity contribution is 5.79. The molecule has 0 fully saturated rings. The SMILES string of the molecule is C[C@H](Nc1ncnc(N)c1C#N)c1nc2cccc(F)c2n1-c1cc(F)cc(F)c1. The van der Waals surface area contributed by atoms with Gasteiger partial charge in [-0.3, -0.25) is 4.57 Å². The number of imidazole rings is 1. The Morgan fingerprint density at radius 1 is 1.13 bits per heavy atom. The number of nitrogens with zero attached hydrogens (tertiary/aromatic N) is 5. The maximum Gasteiger partial charge on any atom is 0.150 e. The van der Waals surface area contributed by atoms with Gasteiger partial charge < -0.3 is 11.1 Å². The van der Waals surface area contributed by atoms with Gasteiger partial charge in [0.05, 0.1) is 17.2 Å². The highest BCUT2D eigenvalue weighted by Crippen LogP contribution is 2.30. The molecule has 0 saturated heterocycles. The Labute approximate surface area is 168 Å². The van der Waals surface area contributed by atoms with E-state index in [4.69, 9.17) is 5.73 Å². The molecule has 7 nitrogen and oxygen atoms in total. The molecule has 1 atom stereocenters. The lowest BCUT2D eigenvalue weighted by Gasteiger charge is -2.18. The largest absolute Gasteiger partial charge is 0.382 e. The first-order chi connectivity index (χ1) is 14.4. The van der Waals surface area contributed by atoms with Crippen LogP contribution in [0.1, 0.15) is 24.4 Å². The smallest absolute Gasteiger partial charge is 0.150 e. The molecular formula is C20H14F3N7. The van der Waals surface area contributed by atoms with Crippen molar-refractivity contribution >= 4 is 22.7 Å². The van der Waals surface area contributed by atoms with Gasteiger partial charge >= 0.3 is 0 Å². The van der Waals surface area contributed by atoms with Crippen molar-refractivity contribution < 1.29 is 13.2 Å². The first kappa shape index (κ1) is 19.2. The number of rotatable bonds is 4. The number of para-hydroxylation sites is 1. The Bertz CT molecular complexity index is 1290. The zero-order valence-corrected chi connectivity index (χ0v) is 15.6. The van der Waals surface area contributed by atoms with Crippen LogP contribution in [0.2, 0.25) is 0 Å². The van der Waals surface area contributed by atoms with Gasteiger partial charge in [0, 0.05) is 6.07 Å². The number of nitrogens with two attached hydrogens (primary N) is 1. The van der Waals surface area contributed by atoms with Gasteiger partial charge in [0.15, 0.2) is 0 Å². The van der Waals surface area contributed by atoms with Gasteiger partial charge in [-0.15, -0.1) is 0 Å². The van der Waals surface area contributed by atoms with E-state index in [2.05, 4.69) is 20.3 Å². The fraction of sp³-hybridized carbons (Fsp3) is 0.100. The zero-order chi connectivity index (χ0) is 21.4. The van der Waals surface area contributed by atoms with Crippen LogP contribution in [0.5, 0.6) is 0 Å². The number of fused-ring (bicyclic) bond motifs is 1. The summed E-state index contributed by atoms with van der Waals surface area (Å²) in [5.74, 6) is -1.83. The molecule has 4 rings (SSSR count). The minimum Gasteiger partial charge on any atom is -0.382 e. The molecule has 0 aliphatic carbocycles. The third-order valence-electron chi connectivity index (χ3n) is 4.49. The molecule has 2 aromatic carbocycles. The maximum absolute atomic E-state index is 14.7. The second kappa shape index (κ2) is 7.36. The molecule has 3 N–H and O–H groups in total. The van der Waals surface area contributed by atoms with E-state index >= 15 is 0 Å². The molecule has 0 bridgehead atoms. The lowest BCUT2D eigenvalue weighted by atomic mass is 10.2. The molecule has 0 amide bonds. The molecule has 0 aliphatic heterocycles. The van der Waals surface area contributed by atoms with E-state index in [0.29, 0.717) is 5.52 Å². The van der Waals surface area contributed by atoms with Crippen molar-refractivity contribution in [2.45, 2.75) is 13.0 Å². The molecule has 0 saturated carbocycles. The number of nitriles is 1. The number of nitrogen functional groups attached to an aromatic ring is 1. The Hall–Kier alpha value is -4.13. The third kappa shape index (κ3) is 3.26. The highest BCUT2D eigenvalue weighted by Gasteiger charge is 2.22. The summed E-state index contributed by atoms with van der Waals surface area (Å²) < 4.78 is 43.8. The fourth-order valence-electron chi connectivity index (χ4n) is 3.21. The van der Waals surface area contributed by atoms with E-state index in [1.807, 2.05) is 6.07 Å². The minimum atomic E-state index is -0.815. The maximum atomic E-state index is 14.7. The van der Waals surface area contributed by atoms with E-state index in [1.165, 1.54) is 23.0 Å². The molecule has 0 unspecified atom stereocenters. The van der Waals surface area contributed by atoms with Crippen LogP contribution in [0, 0.1) is 28.8 Å². The first-order valence-electron chi connectivity index (χ1n) is 8.79. The molecule has 2 aromatic heterocycles. The number of hydrogen-bond acceptors (Lipinski definition) is 6. The van der Waals surface area contributed by atoms with Crippen molar-refractivity contribution in [1.82, 2.24) is 19.5 Å². The van der Waals surface area contributed by atoms with Crippen molar-refractivity contribution in [3.8, 4) is 11.8 Å². The lowest BCUT2D eigenvalue weighted by molar-refractivity contribution is 0.580. The Kier molecular flexibility index (Phi) is 4.71. The van der Waals surface area contributed by atoms with E-state index < -0.39 is 23.5 Å². The van der Waals surface area contributed by atoms with Crippen LogP contribution in [0.3, 0.4) is 0 Å². The average molecular weight is 409 g/mol. The van der Waals surface area contributed by atoms with Gasteiger partial charge in [-0.25, -0.2) is 28.1 Å². The number of benzene rings is 2. The predicted octanol–water partition coefficient (Wildman–Crippen LogP) is 3.86. The highest BCUT2D eigenvalue weighted by atomic mass is 19.1. The van der Waals surface area contributed by atoms with E-state index in [1.54, 1.807) is 13.0 Å². The molecular weight excluding hydrogens is 395 g/mol. The van der Waals surface area contributed by atoms with Gasteiger partial charge in [-0.1, -0.05) is 6.07 Å². The summed E-state index contributed by atoms with van der Waals surface area (Å²) in [6, 6.07) is 8.46. The molecule has 30 heavy (non-hydrogen) atoms. The van der Waals surface area contributed by atoms with Crippen molar-refractivity contribution in [2.24, 2.45) is 0 Å². The summed E-state index contributed by atoms with van der Waals surface area (Å²) in [5.41, 5.74) is 6.17. The molecule has 0 spiro atoms.